The Kier molecular flexibility index (Phi) is 7.98. The number of hydrogen-bond donors (Lipinski definition) is 4. The Balaban J connectivity index is 1.70. The van der Waals surface area contributed by atoms with Crippen LogP contribution in [-0.4, -0.2) is 42.6 Å². The van der Waals surface area contributed by atoms with Crippen molar-refractivity contribution in [2.24, 2.45) is 0 Å². The highest BCUT2D eigenvalue weighted by atomic mass is 16.5. The molecule has 0 radical (unpaired) electrons. The maximum atomic E-state index is 12.7. The summed E-state index contributed by atoms with van der Waals surface area (Å²) >= 11 is 0. The van der Waals surface area contributed by atoms with Gasteiger partial charge in [-0.1, -0.05) is 31.2 Å². The van der Waals surface area contributed by atoms with Crippen molar-refractivity contribution in [2.45, 2.75) is 25.8 Å². The van der Waals surface area contributed by atoms with Gasteiger partial charge in [0.25, 0.3) is 16.8 Å². The van der Waals surface area contributed by atoms with Gasteiger partial charge in [0.15, 0.2) is 0 Å². The number of methoxy groups -OCH3 is 1. The Bertz CT molecular complexity index is 1310. The summed E-state index contributed by atoms with van der Waals surface area (Å²) in [6.07, 6.45) is 0.762. The summed E-state index contributed by atoms with van der Waals surface area (Å²) < 4.78 is 4.71. The fourth-order valence-corrected chi connectivity index (χ4v) is 3.45. The number of anilines is 3. The molecule has 0 aromatic heterocycles. The zero-order valence-electron chi connectivity index (χ0n) is 19.2. The van der Waals surface area contributed by atoms with Crippen LogP contribution in [0.5, 0.6) is 0 Å². The summed E-state index contributed by atoms with van der Waals surface area (Å²) in [6, 6.07) is 11.6. The first-order valence-corrected chi connectivity index (χ1v) is 10.9. The quantitative estimate of drug-likeness (QED) is 0.240. The van der Waals surface area contributed by atoms with Crippen LogP contribution in [0.15, 0.2) is 58.1 Å². The molecule has 4 N–H and O–H groups in total. The molecule has 0 saturated carbocycles. The molecular formula is C25H25N3O7. The summed E-state index contributed by atoms with van der Waals surface area (Å²) in [5.74, 6) is -2.32. The van der Waals surface area contributed by atoms with Gasteiger partial charge in [-0.3, -0.25) is 14.4 Å². The van der Waals surface area contributed by atoms with Crippen LogP contribution >= 0.6 is 0 Å². The molecule has 3 rings (SSSR count). The monoisotopic (exact) mass is 479 g/mol. The fraction of sp³-hybridized carbons (Fsp3) is 0.240. The number of esters is 1. The van der Waals surface area contributed by atoms with E-state index in [1.54, 1.807) is 36.4 Å². The molecule has 0 spiro atoms. The van der Waals surface area contributed by atoms with Crippen molar-refractivity contribution >= 4 is 34.9 Å². The van der Waals surface area contributed by atoms with Gasteiger partial charge in [-0.25, -0.2) is 9.59 Å². The molecule has 10 nitrogen and oxygen atoms in total. The van der Waals surface area contributed by atoms with Gasteiger partial charge in [-0.2, -0.15) is 0 Å². The van der Waals surface area contributed by atoms with Gasteiger partial charge < -0.3 is 25.8 Å². The standard InChI is InChI=1S/C25H25N3O7/c1-3-12-26-19-20(22(30)21(19)29)28-18(24(32)33)13-14-8-10-15(11-9-14)27-23(31)16-6-4-5-7-17(16)25(34)35-2/h4-11,18,26,28H,3,12-13H2,1-2H3,(H,27,31)(H,32,33)/t18-/m0/s1. The molecule has 0 aliphatic carbocycles. The first-order valence-electron chi connectivity index (χ1n) is 10.9. The molecule has 35 heavy (non-hydrogen) atoms. The maximum absolute atomic E-state index is 12.7. The van der Waals surface area contributed by atoms with Gasteiger partial charge in [0.05, 0.1) is 18.2 Å². The molecule has 182 valence electrons. The molecule has 10 heteroatoms. The minimum Gasteiger partial charge on any atom is -0.480 e. The second-order valence-electron chi connectivity index (χ2n) is 7.76. The Morgan fingerprint density at radius 1 is 0.943 bits per heavy atom. The third kappa shape index (κ3) is 5.72. The molecule has 0 aliphatic heterocycles. The summed E-state index contributed by atoms with van der Waals surface area (Å²) in [4.78, 5) is 60.0. The Hall–Kier alpha value is -4.47. The summed E-state index contributed by atoms with van der Waals surface area (Å²) in [7, 11) is 1.23. The molecule has 0 aliphatic rings. The van der Waals surface area contributed by atoms with E-state index >= 15 is 0 Å². The van der Waals surface area contributed by atoms with Gasteiger partial charge in [0, 0.05) is 18.7 Å². The van der Waals surface area contributed by atoms with E-state index in [1.807, 2.05) is 6.92 Å². The molecule has 0 fully saturated rings. The van der Waals surface area contributed by atoms with E-state index in [0.29, 0.717) is 17.8 Å². The number of rotatable bonds is 11. The van der Waals surface area contributed by atoms with E-state index in [4.69, 9.17) is 4.74 Å². The predicted octanol–water partition coefficient (Wildman–Crippen LogP) is 2.25. The molecule has 0 bridgehead atoms. The van der Waals surface area contributed by atoms with Crippen LogP contribution < -0.4 is 26.8 Å². The van der Waals surface area contributed by atoms with E-state index in [2.05, 4.69) is 16.0 Å². The van der Waals surface area contributed by atoms with Gasteiger partial charge >= 0.3 is 11.9 Å². The van der Waals surface area contributed by atoms with Gasteiger partial charge in [-0.15, -0.1) is 0 Å². The summed E-state index contributed by atoms with van der Waals surface area (Å²) in [6.45, 7) is 2.38. The van der Waals surface area contributed by atoms with E-state index in [9.17, 15) is 29.1 Å². The Labute approximate surface area is 200 Å². The van der Waals surface area contributed by atoms with Crippen LogP contribution in [0, 0.1) is 0 Å². The van der Waals surface area contributed by atoms with Gasteiger partial charge in [0.2, 0.25) is 0 Å². The third-order valence-corrected chi connectivity index (χ3v) is 5.31. The van der Waals surface area contributed by atoms with Crippen molar-refractivity contribution in [3.63, 3.8) is 0 Å². The number of nitrogens with one attached hydrogen (secondary N) is 3. The van der Waals surface area contributed by atoms with Crippen LogP contribution in [0.25, 0.3) is 0 Å². The molecule has 3 aromatic rings. The van der Waals surface area contributed by atoms with Crippen LogP contribution in [0.4, 0.5) is 17.1 Å². The molecule has 0 saturated heterocycles. The minimum atomic E-state index is -1.18. The highest BCUT2D eigenvalue weighted by Gasteiger charge is 2.26. The largest absolute Gasteiger partial charge is 0.480 e. The molecule has 3 aromatic carbocycles. The Morgan fingerprint density at radius 2 is 1.57 bits per heavy atom. The zero-order chi connectivity index (χ0) is 25.5. The van der Waals surface area contributed by atoms with Crippen molar-refractivity contribution in [1.29, 1.82) is 0 Å². The van der Waals surface area contributed by atoms with Crippen LogP contribution in [0.1, 0.15) is 39.6 Å². The lowest BCUT2D eigenvalue weighted by molar-refractivity contribution is -0.137. The summed E-state index contributed by atoms with van der Waals surface area (Å²) in [5.41, 5.74) is 0.00701. The fourth-order valence-electron chi connectivity index (χ4n) is 3.45. The van der Waals surface area contributed by atoms with Crippen molar-refractivity contribution in [3.05, 3.63) is 85.7 Å². The number of ether oxygens (including phenoxy) is 1. The van der Waals surface area contributed by atoms with Crippen LogP contribution in [0.3, 0.4) is 0 Å². The number of carboxylic acids is 1. The van der Waals surface area contributed by atoms with Crippen molar-refractivity contribution in [1.82, 2.24) is 0 Å². The predicted molar refractivity (Wildman–Crippen MR) is 131 cm³/mol. The first kappa shape index (κ1) is 25.2. The molecule has 0 unspecified atom stereocenters. The molecule has 1 atom stereocenters. The number of hydrogen-bond acceptors (Lipinski definition) is 8. The number of amides is 1. The topological polar surface area (TPSA) is 151 Å². The normalized spacial score (nSPS) is 11.5. The SMILES string of the molecule is CCCNc1c(N[C@@H](Cc2ccc(NC(=O)c3ccccc3C(=O)OC)cc2)C(=O)O)c(=O)c1=O. The second kappa shape index (κ2) is 11.1. The second-order valence-corrected chi connectivity index (χ2v) is 7.76. The van der Waals surface area contributed by atoms with E-state index in [0.717, 1.165) is 6.42 Å². The van der Waals surface area contributed by atoms with Crippen LogP contribution in [0.2, 0.25) is 0 Å². The van der Waals surface area contributed by atoms with E-state index in [1.165, 1.54) is 19.2 Å². The Morgan fingerprint density at radius 3 is 2.17 bits per heavy atom. The lowest BCUT2D eigenvalue weighted by atomic mass is 10.0. The molecular weight excluding hydrogens is 454 g/mol. The molecule has 0 heterocycles. The average Bonchev–Trinajstić information content (AvgIpc) is 2.87. The number of carbonyl (C=O) groups excluding carboxylic acids is 2. The minimum absolute atomic E-state index is 0.0241. The van der Waals surface area contributed by atoms with Crippen molar-refractivity contribution < 1.29 is 24.2 Å². The lowest BCUT2D eigenvalue weighted by Gasteiger charge is -2.20. The van der Waals surface area contributed by atoms with Gasteiger partial charge in [0.1, 0.15) is 17.4 Å². The third-order valence-electron chi connectivity index (χ3n) is 5.31. The van der Waals surface area contributed by atoms with Gasteiger partial charge in [-0.05, 0) is 36.2 Å². The number of carbonyl (C=O) groups is 3. The number of aliphatic carboxylic acids is 1. The van der Waals surface area contributed by atoms with Crippen molar-refractivity contribution in [2.75, 3.05) is 29.6 Å². The smallest absolute Gasteiger partial charge is 0.338 e. The average molecular weight is 479 g/mol. The van der Waals surface area contributed by atoms with E-state index in [-0.39, 0.29) is 28.9 Å². The maximum Gasteiger partial charge on any atom is 0.338 e. The highest BCUT2D eigenvalue weighted by molar-refractivity contribution is 6.11. The number of benzene rings is 2. The summed E-state index contributed by atoms with van der Waals surface area (Å²) in [5, 5.41) is 17.8. The number of carboxylic acid groups (broad SMARTS) is 1. The van der Waals surface area contributed by atoms with Crippen LogP contribution in [-0.2, 0) is 16.0 Å². The zero-order valence-corrected chi connectivity index (χ0v) is 19.2. The van der Waals surface area contributed by atoms with Crippen molar-refractivity contribution in [3.8, 4) is 0 Å². The highest BCUT2D eigenvalue weighted by Crippen LogP contribution is 2.19. The molecule has 1 amide bonds. The first-order chi connectivity index (χ1) is 16.8. The lowest BCUT2D eigenvalue weighted by Crippen LogP contribution is -2.42. The van der Waals surface area contributed by atoms with E-state index < -0.39 is 34.7 Å².